The minimum atomic E-state index is 0.138. The molecule has 0 N–H and O–H groups in total. The van der Waals surface area contributed by atoms with E-state index in [4.69, 9.17) is 0 Å². The average Bonchev–Trinajstić information content (AvgIpc) is 2.38. The first kappa shape index (κ1) is 14.5. The largest absolute Gasteiger partial charge is 0.339 e. The standard InChI is InChI=1S/C15H21BrN2O/c1-11-10-12(16)4-5-14(11)15(19)18(3)13-6-8-17(2)9-7-13/h4-5,10,13H,6-9H2,1-3H3. The summed E-state index contributed by atoms with van der Waals surface area (Å²) in [5.41, 5.74) is 1.84. The summed E-state index contributed by atoms with van der Waals surface area (Å²) in [5, 5.41) is 0. The van der Waals surface area contributed by atoms with Crippen LogP contribution in [-0.4, -0.2) is 48.9 Å². The van der Waals surface area contributed by atoms with Crippen LogP contribution in [-0.2, 0) is 0 Å². The van der Waals surface area contributed by atoms with Crippen molar-refractivity contribution in [1.82, 2.24) is 9.80 Å². The number of rotatable bonds is 2. The molecule has 4 heteroatoms. The topological polar surface area (TPSA) is 23.6 Å². The molecule has 0 spiro atoms. The zero-order valence-electron chi connectivity index (χ0n) is 11.8. The molecular weight excluding hydrogens is 304 g/mol. The molecule has 2 rings (SSSR count). The summed E-state index contributed by atoms with van der Waals surface area (Å²) >= 11 is 3.44. The summed E-state index contributed by atoms with van der Waals surface area (Å²) in [5.74, 6) is 0.138. The Bertz CT molecular complexity index is 467. The van der Waals surface area contributed by atoms with Gasteiger partial charge in [0.1, 0.15) is 0 Å². The van der Waals surface area contributed by atoms with Gasteiger partial charge in [-0.15, -0.1) is 0 Å². The molecule has 1 aliphatic heterocycles. The van der Waals surface area contributed by atoms with Crippen LogP contribution < -0.4 is 0 Å². The van der Waals surface area contributed by atoms with Gasteiger partial charge in [0.2, 0.25) is 0 Å². The highest BCUT2D eigenvalue weighted by Crippen LogP contribution is 2.20. The Morgan fingerprint density at radius 2 is 2.00 bits per heavy atom. The van der Waals surface area contributed by atoms with E-state index >= 15 is 0 Å². The van der Waals surface area contributed by atoms with Crippen molar-refractivity contribution < 1.29 is 4.79 Å². The number of carbonyl (C=O) groups is 1. The van der Waals surface area contributed by atoms with E-state index in [0.717, 1.165) is 41.5 Å². The Hall–Kier alpha value is -0.870. The summed E-state index contributed by atoms with van der Waals surface area (Å²) < 4.78 is 1.02. The fourth-order valence-corrected chi connectivity index (χ4v) is 3.08. The SMILES string of the molecule is Cc1cc(Br)ccc1C(=O)N(C)C1CCN(C)CC1. The predicted octanol–water partition coefficient (Wildman–Crippen LogP) is 2.92. The second-order valence-corrected chi connectivity index (χ2v) is 6.33. The molecule has 19 heavy (non-hydrogen) atoms. The van der Waals surface area contributed by atoms with Gasteiger partial charge in [0.25, 0.3) is 5.91 Å². The maximum absolute atomic E-state index is 12.6. The maximum Gasteiger partial charge on any atom is 0.254 e. The van der Waals surface area contributed by atoms with E-state index in [2.05, 4.69) is 27.9 Å². The van der Waals surface area contributed by atoms with Crippen molar-refractivity contribution in [3.63, 3.8) is 0 Å². The fraction of sp³-hybridized carbons (Fsp3) is 0.533. The number of piperidine rings is 1. The van der Waals surface area contributed by atoms with Crippen molar-refractivity contribution in [2.45, 2.75) is 25.8 Å². The van der Waals surface area contributed by atoms with Crippen molar-refractivity contribution >= 4 is 21.8 Å². The van der Waals surface area contributed by atoms with Gasteiger partial charge in [0, 0.05) is 23.1 Å². The van der Waals surface area contributed by atoms with E-state index in [-0.39, 0.29) is 5.91 Å². The summed E-state index contributed by atoms with van der Waals surface area (Å²) in [7, 11) is 4.07. The minimum absolute atomic E-state index is 0.138. The van der Waals surface area contributed by atoms with Crippen LogP contribution in [0.25, 0.3) is 0 Å². The van der Waals surface area contributed by atoms with Crippen LogP contribution in [0.3, 0.4) is 0 Å². The van der Waals surface area contributed by atoms with Crippen molar-refractivity contribution in [1.29, 1.82) is 0 Å². The molecular formula is C15H21BrN2O. The number of nitrogens with zero attached hydrogens (tertiary/aromatic N) is 2. The average molecular weight is 325 g/mol. The summed E-state index contributed by atoms with van der Waals surface area (Å²) in [4.78, 5) is 16.8. The van der Waals surface area contributed by atoms with Gasteiger partial charge in [-0.3, -0.25) is 4.79 Å². The smallest absolute Gasteiger partial charge is 0.254 e. The van der Waals surface area contributed by atoms with Crippen molar-refractivity contribution in [3.8, 4) is 0 Å². The van der Waals surface area contributed by atoms with E-state index in [1.807, 2.05) is 37.1 Å². The Labute approximate surface area is 123 Å². The first-order valence-electron chi connectivity index (χ1n) is 6.71. The van der Waals surface area contributed by atoms with Gasteiger partial charge in [0.15, 0.2) is 0 Å². The van der Waals surface area contributed by atoms with Crippen molar-refractivity contribution in [2.24, 2.45) is 0 Å². The molecule has 1 amide bonds. The highest BCUT2D eigenvalue weighted by Gasteiger charge is 2.25. The van der Waals surface area contributed by atoms with Crippen LogP contribution in [0, 0.1) is 6.92 Å². The molecule has 0 unspecified atom stereocenters. The molecule has 1 heterocycles. The third kappa shape index (κ3) is 3.37. The lowest BCUT2D eigenvalue weighted by molar-refractivity contribution is 0.0659. The first-order chi connectivity index (χ1) is 8.99. The van der Waals surface area contributed by atoms with Gasteiger partial charge in [0.05, 0.1) is 0 Å². The van der Waals surface area contributed by atoms with Crippen LogP contribution in [0.1, 0.15) is 28.8 Å². The molecule has 0 radical (unpaired) electrons. The van der Waals surface area contributed by atoms with Gasteiger partial charge in [-0.2, -0.15) is 0 Å². The first-order valence-corrected chi connectivity index (χ1v) is 7.50. The van der Waals surface area contributed by atoms with Gasteiger partial charge in [-0.25, -0.2) is 0 Å². The lowest BCUT2D eigenvalue weighted by Crippen LogP contribution is -2.44. The second-order valence-electron chi connectivity index (χ2n) is 5.41. The molecule has 1 aromatic carbocycles. The van der Waals surface area contributed by atoms with E-state index in [9.17, 15) is 4.79 Å². The van der Waals surface area contributed by atoms with Crippen LogP contribution in [0.5, 0.6) is 0 Å². The van der Waals surface area contributed by atoms with Crippen LogP contribution in [0.4, 0.5) is 0 Å². The molecule has 0 aromatic heterocycles. The predicted molar refractivity (Wildman–Crippen MR) is 81.5 cm³/mol. The molecule has 0 saturated carbocycles. The van der Waals surface area contributed by atoms with E-state index in [1.54, 1.807) is 0 Å². The zero-order chi connectivity index (χ0) is 14.0. The summed E-state index contributed by atoms with van der Waals surface area (Å²) in [6.07, 6.45) is 2.13. The highest BCUT2D eigenvalue weighted by atomic mass is 79.9. The van der Waals surface area contributed by atoms with Crippen LogP contribution >= 0.6 is 15.9 Å². The lowest BCUT2D eigenvalue weighted by Gasteiger charge is -2.35. The minimum Gasteiger partial charge on any atom is -0.339 e. The third-order valence-electron chi connectivity index (χ3n) is 3.98. The van der Waals surface area contributed by atoms with Gasteiger partial charge in [-0.05, 0) is 63.7 Å². The van der Waals surface area contributed by atoms with Crippen molar-refractivity contribution in [3.05, 3.63) is 33.8 Å². The molecule has 0 aliphatic carbocycles. The number of amides is 1. The number of likely N-dealkylation sites (tertiary alicyclic amines) is 1. The Kier molecular flexibility index (Phi) is 4.63. The van der Waals surface area contributed by atoms with E-state index in [1.165, 1.54) is 0 Å². The molecule has 1 aromatic rings. The normalized spacial score (nSPS) is 17.5. The summed E-state index contributed by atoms with van der Waals surface area (Å²) in [6, 6.07) is 6.21. The molecule has 1 fully saturated rings. The van der Waals surface area contributed by atoms with Gasteiger partial charge in [-0.1, -0.05) is 15.9 Å². The Balaban J connectivity index is 2.10. The number of carbonyl (C=O) groups excluding carboxylic acids is 1. The third-order valence-corrected chi connectivity index (χ3v) is 4.47. The van der Waals surface area contributed by atoms with Gasteiger partial charge >= 0.3 is 0 Å². The molecule has 0 atom stereocenters. The molecule has 0 bridgehead atoms. The Morgan fingerprint density at radius 1 is 1.37 bits per heavy atom. The fourth-order valence-electron chi connectivity index (χ4n) is 2.61. The molecule has 1 aliphatic rings. The van der Waals surface area contributed by atoms with Crippen LogP contribution in [0.2, 0.25) is 0 Å². The lowest BCUT2D eigenvalue weighted by atomic mass is 10.0. The number of halogens is 1. The van der Waals surface area contributed by atoms with Crippen LogP contribution in [0.15, 0.2) is 22.7 Å². The van der Waals surface area contributed by atoms with E-state index < -0.39 is 0 Å². The molecule has 3 nitrogen and oxygen atoms in total. The van der Waals surface area contributed by atoms with Crippen molar-refractivity contribution in [2.75, 3.05) is 27.2 Å². The van der Waals surface area contributed by atoms with Gasteiger partial charge < -0.3 is 9.80 Å². The second kappa shape index (κ2) is 6.06. The summed E-state index contributed by atoms with van der Waals surface area (Å²) in [6.45, 7) is 4.13. The Morgan fingerprint density at radius 3 is 2.58 bits per heavy atom. The molecule has 104 valence electrons. The number of hydrogen-bond donors (Lipinski definition) is 0. The number of hydrogen-bond acceptors (Lipinski definition) is 2. The maximum atomic E-state index is 12.6. The monoisotopic (exact) mass is 324 g/mol. The van der Waals surface area contributed by atoms with E-state index in [0.29, 0.717) is 6.04 Å². The quantitative estimate of drug-likeness (QED) is 0.835. The molecule has 1 saturated heterocycles. The number of benzene rings is 1. The number of aryl methyl sites for hydroxylation is 1. The highest BCUT2D eigenvalue weighted by molar-refractivity contribution is 9.10. The zero-order valence-corrected chi connectivity index (χ0v) is 13.4.